The second kappa shape index (κ2) is 8.98. The summed E-state index contributed by atoms with van der Waals surface area (Å²) >= 11 is 1.66. The van der Waals surface area contributed by atoms with Crippen molar-refractivity contribution >= 4 is 33.3 Å². The standard InChI is InChI=1S/C27H24N6OS/c1-33(2)12-13-34-19-6-3-5-17(15-19)18-8-9-21-20(16-18)24(32-31-21)27-29-22-10-11-28-26(25(22)30-27)23-7-4-14-35-23/h3-11,14-16H,12-13H2,1-2H3,(H,29,30)(H,31,32). The molecule has 0 bridgehead atoms. The van der Waals surface area contributed by atoms with Gasteiger partial charge >= 0.3 is 0 Å². The van der Waals surface area contributed by atoms with Crippen molar-refractivity contribution in [2.45, 2.75) is 0 Å². The van der Waals surface area contributed by atoms with Crippen LogP contribution in [0.4, 0.5) is 0 Å². The molecule has 0 radical (unpaired) electrons. The molecule has 0 aliphatic carbocycles. The maximum absolute atomic E-state index is 5.94. The van der Waals surface area contributed by atoms with Crippen LogP contribution in [-0.2, 0) is 0 Å². The number of thiophene rings is 1. The molecule has 0 aliphatic heterocycles. The number of pyridine rings is 1. The predicted molar refractivity (Wildman–Crippen MR) is 142 cm³/mol. The fourth-order valence-corrected chi connectivity index (χ4v) is 4.85. The van der Waals surface area contributed by atoms with Gasteiger partial charge in [-0.25, -0.2) is 4.98 Å². The highest BCUT2D eigenvalue weighted by molar-refractivity contribution is 7.13. The van der Waals surface area contributed by atoms with Gasteiger partial charge in [-0.2, -0.15) is 5.10 Å². The SMILES string of the molecule is CN(C)CCOc1cccc(-c2ccc3[nH]nc(-c4nc5c(-c6cccs6)nccc5[nH]4)c3c2)c1. The van der Waals surface area contributed by atoms with E-state index < -0.39 is 0 Å². The molecule has 0 amide bonds. The van der Waals surface area contributed by atoms with E-state index in [0.29, 0.717) is 6.61 Å². The van der Waals surface area contributed by atoms with Crippen LogP contribution in [0.15, 0.2) is 72.2 Å². The Morgan fingerprint density at radius 2 is 1.86 bits per heavy atom. The van der Waals surface area contributed by atoms with Crippen LogP contribution >= 0.6 is 11.3 Å². The van der Waals surface area contributed by atoms with Gasteiger partial charge < -0.3 is 14.6 Å². The van der Waals surface area contributed by atoms with Gasteiger partial charge in [-0.1, -0.05) is 24.3 Å². The van der Waals surface area contributed by atoms with Gasteiger partial charge in [0.05, 0.1) is 15.9 Å². The number of hydrogen-bond acceptors (Lipinski definition) is 6. The zero-order chi connectivity index (χ0) is 23.8. The number of imidazole rings is 1. The molecular formula is C27H24N6OS. The average molecular weight is 481 g/mol. The first-order valence-corrected chi connectivity index (χ1v) is 12.3. The molecule has 0 saturated carbocycles. The molecular weight excluding hydrogens is 456 g/mol. The quantitative estimate of drug-likeness (QED) is 0.300. The number of H-pyrrole nitrogens is 2. The third kappa shape index (κ3) is 4.18. The Morgan fingerprint density at radius 3 is 2.71 bits per heavy atom. The minimum absolute atomic E-state index is 0.649. The van der Waals surface area contributed by atoms with Crippen LogP contribution < -0.4 is 4.74 Å². The third-order valence-electron chi connectivity index (χ3n) is 5.92. The van der Waals surface area contributed by atoms with Crippen LogP contribution in [0, 0.1) is 0 Å². The molecule has 0 unspecified atom stereocenters. The van der Waals surface area contributed by atoms with E-state index in [1.54, 1.807) is 11.3 Å². The molecule has 0 atom stereocenters. The molecule has 4 heterocycles. The summed E-state index contributed by atoms with van der Waals surface area (Å²) in [7, 11) is 4.08. The summed E-state index contributed by atoms with van der Waals surface area (Å²) in [5.74, 6) is 1.58. The minimum atomic E-state index is 0.649. The molecule has 0 spiro atoms. The lowest BCUT2D eigenvalue weighted by atomic mass is 10.0. The lowest BCUT2D eigenvalue weighted by molar-refractivity contribution is 0.261. The van der Waals surface area contributed by atoms with Gasteiger partial charge in [0.25, 0.3) is 0 Å². The molecule has 4 aromatic heterocycles. The largest absolute Gasteiger partial charge is 0.492 e. The normalized spacial score (nSPS) is 11.6. The first kappa shape index (κ1) is 21.5. The highest BCUT2D eigenvalue weighted by Gasteiger charge is 2.16. The van der Waals surface area contributed by atoms with E-state index in [0.717, 1.165) is 67.4 Å². The van der Waals surface area contributed by atoms with Crippen molar-refractivity contribution in [1.29, 1.82) is 0 Å². The van der Waals surface area contributed by atoms with Crippen molar-refractivity contribution < 1.29 is 4.74 Å². The number of likely N-dealkylation sites (N-methyl/N-ethyl adjacent to an activating group) is 1. The Bertz CT molecular complexity index is 1620. The number of nitrogens with zero attached hydrogens (tertiary/aromatic N) is 4. The summed E-state index contributed by atoms with van der Waals surface area (Å²) in [5, 5.41) is 10.8. The first-order valence-electron chi connectivity index (χ1n) is 11.4. The zero-order valence-corrected chi connectivity index (χ0v) is 20.3. The van der Waals surface area contributed by atoms with E-state index in [9.17, 15) is 0 Å². The summed E-state index contributed by atoms with van der Waals surface area (Å²) in [5.41, 5.74) is 6.60. The van der Waals surface area contributed by atoms with E-state index in [1.807, 2.05) is 44.6 Å². The number of rotatable bonds is 7. The van der Waals surface area contributed by atoms with Crippen LogP contribution in [0.3, 0.4) is 0 Å². The van der Waals surface area contributed by atoms with E-state index >= 15 is 0 Å². The average Bonchev–Trinajstić information content (AvgIpc) is 3.62. The summed E-state index contributed by atoms with van der Waals surface area (Å²) < 4.78 is 5.94. The van der Waals surface area contributed by atoms with Crippen molar-refractivity contribution in [1.82, 2.24) is 30.0 Å². The number of aromatic amines is 2. The molecule has 0 fully saturated rings. The smallest absolute Gasteiger partial charge is 0.159 e. The topological polar surface area (TPSA) is 82.7 Å². The third-order valence-corrected chi connectivity index (χ3v) is 6.79. The molecule has 2 N–H and O–H groups in total. The molecule has 0 saturated heterocycles. The first-order chi connectivity index (χ1) is 17.2. The number of aromatic nitrogens is 5. The van der Waals surface area contributed by atoms with E-state index in [4.69, 9.17) is 9.72 Å². The molecule has 2 aromatic carbocycles. The highest BCUT2D eigenvalue weighted by Crippen LogP contribution is 2.34. The molecule has 7 nitrogen and oxygen atoms in total. The summed E-state index contributed by atoms with van der Waals surface area (Å²) in [6.07, 6.45) is 1.81. The Hall–Kier alpha value is -4.01. The number of nitrogens with one attached hydrogen (secondary N) is 2. The fraction of sp³-hybridized carbons (Fsp3) is 0.148. The minimum Gasteiger partial charge on any atom is -0.492 e. The Labute approximate surface area is 206 Å². The highest BCUT2D eigenvalue weighted by atomic mass is 32.1. The van der Waals surface area contributed by atoms with Gasteiger partial charge in [0.1, 0.15) is 29.3 Å². The van der Waals surface area contributed by atoms with Crippen molar-refractivity contribution in [2.75, 3.05) is 27.2 Å². The molecule has 6 rings (SSSR count). The lowest BCUT2D eigenvalue weighted by Crippen LogP contribution is -2.19. The zero-order valence-electron chi connectivity index (χ0n) is 19.4. The van der Waals surface area contributed by atoms with Crippen LogP contribution in [-0.4, -0.2) is 57.3 Å². The van der Waals surface area contributed by atoms with Crippen LogP contribution in [0.25, 0.3) is 55.2 Å². The van der Waals surface area contributed by atoms with Crippen LogP contribution in [0.2, 0.25) is 0 Å². The molecule has 6 aromatic rings. The predicted octanol–water partition coefficient (Wildman–Crippen LogP) is 5.84. The van der Waals surface area contributed by atoms with E-state index in [1.165, 1.54) is 0 Å². The van der Waals surface area contributed by atoms with Gasteiger partial charge in [-0.3, -0.25) is 10.1 Å². The van der Waals surface area contributed by atoms with Crippen LogP contribution in [0.1, 0.15) is 0 Å². The monoisotopic (exact) mass is 480 g/mol. The summed E-state index contributed by atoms with van der Waals surface area (Å²) in [6.45, 7) is 1.52. The maximum Gasteiger partial charge on any atom is 0.159 e. The number of benzene rings is 2. The van der Waals surface area contributed by atoms with Gasteiger partial charge in [-0.15, -0.1) is 11.3 Å². The summed E-state index contributed by atoms with van der Waals surface area (Å²) in [6, 6.07) is 20.5. The van der Waals surface area contributed by atoms with Crippen LogP contribution in [0.5, 0.6) is 5.75 Å². The van der Waals surface area contributed by atoms with E-state index in [-0.39, 0.29) is 0 Å². The molecule has 8 heteroatoms. The van der Waals surface area contributed by atoms with Gasteiger partial charge in [0, 0.05) is 18.1 Å². The van der Waals surface area contributed by atoms with Crippen molar-refractivity contribution in [3.63, 3.8) is 0 Å². The van der Waals surface area contributed by atoms with Crippen molar-refractivity contribution in [2.24, 2.45) is 0 Å². The Balaban J connectivity index is 1.38. The second-order valence-corrected chi connectivity index (χ2v) is 9.58. The van der Waals surface area contributed by atoms with Gasteiger partial charge in [-0.05, 0) is 67.0 Å². The van der Waals surface area contributed by atoms with Crippen molar-refractivity contribution in [3.8, 4) is 39.0 Å². The second-order valence-electron chi connectivity index (χ2n) is 8.63. The number of ether oxygens (including phenoxy) is 1. The van der Waals surface area contributed by atoms with Crippen molar-refractivity contribution in [3.05, 3.63) is 72.2 Å². The Kier molecular flexibility index (Phi) is 5.52. The summed E-state index contributed by atoms with van der Waals surface area (Å²) in [4.78, 5) is 16.1. The molecule has 174 valence electrons. The number of hydrogen-bond donors (Lipinski definition) is 2. The van der Waals surface area contributed by atoms with Gasteiger partial charge in [0.2, 0.25) is 0 Å². The van der Waals surface area contributed by atoms with E-state index in [2.05, 4.69) is 66.8 Å². The maximum atomic E-state index is 5.94. The van der Waals surface area contributed by atoms with Gasteiger partial charge in [0.15, 0.2) is 5.82 Å². The Morgan fingerprint density at radius 1 is 0.943 bits per heavy atom. The number of fused-ring (bicyclic) bond motifs is 2. The lowest BCUT2D eigenvalue weighted by Gasteiger charge is -2.12. The molecule has 0 aliphatic rings. The fourth-order valence-electron chi connectivity index (χ4n) is 4.13. The molecule has 35 heavy (non-hydrogen) atoms.